The number of nitrogens with zero attached hydrogens (tertiary/aromatic N) is 5. The zero-order chi connectivity index (χ0) is 42.6. The molecule has 2 N–H and O–H groups in total. The topological polar surface area (TPSA) is 126 Å². The number of fused-ring (bicyclic) bond motifs is 2. The number of hydrogen-bond acceptors (Lipinski definition) is 9. The van der Waals surface area contributed by atoms with E-state index in [-0.39, 0.29) is 33.7 Å². The number of halogens is 1. The third-order valence-corrected chi connectivity index (χ3v) is 13.7. The summed E-state index contributed by atoms with van der Waals surface area (Å²) < 4.78 is 29.9. The molecule has 0 aliphatic carbocycles. The summed E-state index contributed by atoms with van der Waals surface area (Å²) in [6.45, 7) is 11.7. The van der Waals surface area contributed by atoms with Crippen LogP contribution < -0.4 is 15.2 Å². The zero-order valence-corrected chi connectivity index (χ0v) is 36.6. The van der Waals surface area contributed by atoms with E-state index >= 15 is 4.79 Å². The Hall–Kier alpha value is -4.79. The van der Waals surface area contributed by atoms with Gasteiger partial charge in [-0.2, -0.15) is 0 Å². The Bertz CT molecular complexity index is 2370. The van der Waals surface area contributed by atoms with E-state index in [4.69, 9.17) is 11.6 Å². The van der Waals surface area contributed by atoms with Crippen molar-refractivity contribution >= 4 is 55.8 Å². The molecule has 3 heterocycles. The highest BCUT2D eigenvalue weighted by atomic mass is 35.5. The van der Waals surface area contributed by atoms with Gasteiger partial charge in [-0.05, 0) is 85.5 Å². The number of hydrazine groups is 1. The van der Waals surface area contributed by atoms with Gasteiger partial charge in [-0.3, -0.25) is 24.3 Å². The number of nitrogens with one attached hydrogen (secondary N) is 2. The number of rotatable bonds is 14. The summed E-state index contributed by atoms with van der Waals surface area (Å²) in [6.07, 6.45) is 4.14. The second-order valence-corrected chi connectivity index (χ2v) is 18.3. The van der Waals surface area contributed by atoms with Crippen LogP contribution in [-0.2, 0) is 27.8 Å². The predicted molar refractivity (Wildman–Crippen MR) is 237 cm³/mol. The molecule has 4 aromatic rings. The molecule has 14 heteroatoms. The fourth-order valence-electron chi connectivity index (χ4n) is 8.28. The van der Waals surface area contributed by atoms with E-state index in [0.717, 1.165) is 62.8 Å². The van der Waals surface area contributed by atoms with Crippen molar-refractivity contribution in [3.05, 3.63) is 118 Å². The maximum absolute atomic E-state index is 15.3. The monoisotopic (exact) mass is 853 g/mol. The summed E-state index contributed by atoms with van der Waals surface area (Å²) in [6, 6.07) is 24.2. The molecule has 1 saturated heterocycles. The highest BCUT2D eigenvalue weighted by Gasteiger charge is 2.38. The summed E-state index contributed by atoms with van der Waals surface area (Å²) in [5, 5.41) is 3.51. The van der Waals surface area contributed by atoms with Crippen LogP contribution in [0.25, 0.3) is 10.8 Å². The molecule has 0 saturated carbocycles. The fraction of sp³-hybridized carbons (Fsp3) is 0.413. The Morgan fingerprint density at radius 2 is 1.50 bits per heavy atom. The molecule has 3 amide bonds. The zero-order valence-electron chi connectivity index (χ0n) is 35.0. The van der Waals surface area contributed by atoms with Gasteiger partial charge in [0.05, 0.1) is 32.8 Å². The van der Waals surface area contributed by atoms with Gasteiger partial charge in [0.1, 0.15) is 5.70 Å². The summed E-state index contributed by atoms with van der Waals surface area (Å²) in [5.74, 6) is -1.58. The third-order valence-electron chi connectivity index (χ3n) is 11.9. The van der Waals surface area contributed by atoms with Crippen molar-refractivity contribution in [2.45, 2.75) is 76.4 Å². The van der Waals surface area contributed by atoms with E-state index in [1.54, 1.807) is 29.3 Å². The molecule has 0 aromatic heterocycles. The van der Waals surface area contributed by atoms with Gasteiger partial charge >= 0.3 is 0 Å². The molecular weight excluding hydrogens is 798 g/mol. The molecule has 60 heavy (non-hydrogen) atoms. The maximum Gasteiger partial charge on any atom is 0.273 e. The van der Waals surface area contributed by atoms with Gasteiger partial charge in [0.2, 0.25) is 0 Å². The van der Waals surface area contributed by atoms with Crippen LogP contribution in [0.3, 0.4) is 0 Å². The standard InChI is InChI=1S/C46H56ClN7O5S/c1-5-7-21-52(22-8-6-2)46(57)43-42(47)32(3)48-54(43)37-18-20-40(44(55)49-60(58,59)39-19-17-33-13-9-10-15-35(33)28-39)41(29-37)45(56)53-30-36-16-12-11-14-34(36)27-38(53)31-51-25-23-50(4)24-26-51/h9-20,28-29,32,38,48H,5-8,21-27,30-31H2,1-4H3,(H,49,55). The van der Waals surface area contributed by atoms with Gasteiger partial charge in [0, 0.05) is 58.4 Å². The van der Waals surface area contributed by atoms with Gasteiger partial charge in [-0.15, -0.1) is 0 Å². The number of anilines is 1. The molecular formula is C46H56ClN7O5S. The van der Waals surface area contributed by atoms with Crippen molar-refractivity contribution in [1.29, 1.82) is 0 Å². The minimum Gasteiger partial charge on any atom is -0.337 e. The number of likely N-dealkylation sites (N-methyl/N-ethyl adjacent to an activating group) is 1. The molecule has 3 aliphatic rings. The second kappa shape index (κ2) is 18.9. The van der Waals surface area contributed by atoms with Crippen molar-refractivity contribution in [2.75, 3.05) is 57.9 Å². The number of benzene rings is 4. The SMILES string of the molecule is CCCCN(CCCC)C(=O)C1=C(Cl)C(C)NN1c1ccc(C(=O)NS(=O)(=O)c2ccc3ccccc3c2)c(C(=O)N2Cc3ccccc3CC2CN2CCN(C)CC2)c1. The lowest BCUT2D eigenvalue weighted by molar-refractivity contribution is -0.127. The molecule has 0 spiro atoms. The number of carbonyl (C=O) groups is 3. The van der Waals surface area contributed by atoms with Gasteiger partial charge in [-0.1, -0.05) is 92.9 Å². The van der Waals surface area contributed by atoms with Crippen LogP contribution in [0.2, 0.25) is 0 Å². The number of unbranched alkanes of at least 4 members (excludes halogenated alkanes) is 2. The second-order valence-electron chi connectivity index (χ2n) is 16.2. The first-order valence-electron chi connectivity index (χ1n) is 21.1. The number of piperazine rings is 1. The average Bonchev–Trinajstić information content (AvgIpc) is 3.55. The lowest BCUT2D eigenvalue weighted by Crippen LogP contribution is -2.54. The van der Waals surface area contributed by atoms with Gasteiger partial charge in [-0.25, -0.2) is 18.6 Å². The smallest absolute Gasteiger partial charge is 0.273 e. The van der Waals surface area contributed by atoms with Crippen molar-refractivity contribution < 1.29 is 22.8 Å². The lowest BCUT2D eigenvalue weighted by Gasteiger charge is -2.41. The van der Waals surface area contributed by atoms with Gasteiger partial charge in [0.15, 0.2) is 0 Å². The minimum absolute atomic E-state index is 0.0135. The lowest BCUT2D eigenvalue weighted by atomic mass is 9.92. The molecule has 12 nitrogen and oxygen atoms in total. The average molecular weight is 855 g/mol. The Morgan fingerprint density at radius 1 is 0.833 bits per heavy atom. The van der Waals surface area contributed by atoms with E-state index in [0.29, 0.717) is 48.7 Å². The highest BCUT2D eigenvalue weighted by molar-refractivity contribution is 7.90. The summed E-state index contributed by atoms with van der Waals surface area (Å²) in [7, 11) is -2.25. The molecule has 3 aliphatic heterocycles. The van der Waals surface area contributed by atoms with E-state index in [9.17, 15) is 18.0 Å². The van der Waals surface area contributed by atoms with Crippen molar-refractivity contribution in [3.8, 4) is 0 Å². The first-order valence-corrected chi connectivity index (χ1v) is 23.0. The predicted octanol–water partition coefficient (Wildman–Crippen LogP) is 6.37. The Labute approximate surface area is 359 Å². The summed E-state index contributed by atoms with van der Waals surface area (Å²) in [4.78, 5) is 52.2. The van der Waals surface area contributed by atoms with Crippen LogP contribution in [0.5, 0.6) is 0 Å². The molecule has 2 unspecified atom stereocenters. The van der Waals surface area contributed by atoms with Crippen molar-refractivity contribution in [1.82, 2.24) is 29.7 Å². The number of sulfonamides is 1. The van der Waals surface area contributed by atoms with Crippen LogP contribution in [-0.4, -0.2) is 111 Å². The van der Waals surface area contributed by atoms with Gasteiger partial charge in [0.25, 0.3) is 27.7 Å². The highest BCUT2D eigenvalue weighted by Crippen LogP contribution is 2.34. The van der Waals surface area contributed by atoms with E-state index in [1.165, 1.54) is 23.8 Å². The van der Waals surface area contributed by atoms with Crippen LogP contribution in [0.4, 0.5) is 5.69 Å². The molecule has 0 radical (unpaired) electrons. The first-order chi connectivity index (χ1) is 28.9. The minimum atomic E-state index is -4.36. The van der Waals surface area contributed by atoms with E-state index in [2.05, 4.69) is 46.9 Å². The fourth-order valence-corrected chi connectivity index (χ4v) is 9.49. The largest absolute Gasteiger partial charge is 0.337 e. The van der Waals surface area contributed by atoms with Crippen molar-refractivity contribution in [2.24, 2.45) is 0 Å². The van der Waals surface area contributed by atoms with Crippen LogP contribution in [0.15, 0.2) is 101 Å². The summed E-state index contributed by atoms with van der Waals surface area (Å²) >= 11 is 6.94. The molecule has 0 bridgehead atoms. The summed E-state index contributed by atoms with van der Waals surface area (Å²) in [5.41, 5.74) is 6.07. The van der Waals surface area contributed by atoms with Crippen LogP contribution in [0, 0.1) is 0 Å². The molecule has 318 valence electrons. The number of amides is 3. The van der Waals surface area contributed by atoms with Gasteiger partial charge < -0.3 is 14.7 Å². The third kappa shape index (κ3) is 9.40. The molecule has 7 rings (SSSR count). The van der Waals surface area contributed by atoms with Crippen LogP contribution in [0.1, 0.15) is 78.3 Å². The van der Waals surface area contributed by atoms with Crippen LogP contribution >= 0.6 is 11.6 Å². The van der Waals surface area contributed by atoms with E-state index in [1.807, 2.05) is 53.1 Å². The molecule has 1 fully saturated rings. The molecule has 2 atom stereocenters. The Balaban J connectivity index is 1.29. The number of hydrogen-bond donors (Lipinski definition) is 2. The number of carbonyl (C=O) groups excluding carboxylic acids is 3. The quantitative estimate of drug-likeness (QED) is 0.149. The molecule has 4 aromatic carbocycles. The van der Waals surface area contributed by atoms with Crippen molar-refractivity contribution in [3.63, 3.8) is 0 Å². The normalized spacial score (nSPS) is 18.8. The Kier molecular flexibility index (Phi) is 13.6. The maximum atomic E-state index is 15.3. The van der Waals surface area contributed by atoms with E-state index < -0.39 is 27.9 Å². The Morgan fingerprint density at radius 3 is 2.20 bits per heavy atom. The first kappa shape index (κ1) is 43.3.